The normalized spacial score (nSPS) is 23.2. The van der Waals surface area contributed by atoms with Gasteiger partial charge in [-0.3, -0.25) is 9.48 Å². The van der Waals surface area contributed by atoms with Crippen LogP contribution in [0, 0.1) is 17.3 Å². The first-order valence-corrected chi connectivity index (χ1v) is 11.4. The van der Waals surface area contributed by atoms with E-state index in [2.05, 4.69) is 15.3 Å². The second-order valence-electron chi connectivity index (χ2n) is 9.07. The molecule has 1 aliphatic carbocycles. The SMILES string of the molecule is Cn1nccc1-c1nnc(N2CCC(C3(C(F)(F)F)C=CC=CC3C(N)=O)CC2)c2ccccc12. The van der Waals surface area contributed by atoms with Crippen LogP contribution in [0.4, 0.5) is 19.0 Å². The van der Waals surface area contributed by atoms with Gasteiger partial charge in [-0.15, -0.1) is 10.2 Å². The maximum absolute atomic E-state index is 14.5. The molecule has 0 spiro atoms. The number of anilines is 1. The number of carbonyl (C=O) groups is 1. The van der Waals surface area contributed by atoms with Crippen LogP contribution in [0.5, 0.6) is 0 Å². The lowest BCUT2D eigenvalue weighted by Gasteiger charge is -2.47. The molecule has 3 heterocycles. The number of alkyl halides is 3. The predicted octanol–water partition coefficient (Wildman–Crippen LogP) is 4.02. The topological polar surface area (TPSA) is 89.9 Å². The Morgan fingerprint density at radius 2 is 1.80 bits per heavy atom. The number of primary amides is 1. The average molecular weight is 483 g/mol. The minimum atomic E-state index is -4.61. The molecule has 1 aliphatic heterocycles. The molecule has 1 amide bonds. The van der Waals surface area contributed by atoms with E-state index in [0.717, 1.165) is 22.5 Å². The minimum Gasteiger partial charge on any atom is -0.369 e. The van der Waals surface area contributed by atoms with Gasteiger partial charge in [-0.2, -0.15) is 18.3 Å². The summed E-state index contributed by atoms with van der Waals surface area (Å²) >= 11 is 0. The zero-order chi connectivity index (χ0) is 24.8. The van der Waals surface area contributed by atoms with Crippen molar-refractivity contribution >= 4 is 22.5 Å². The van der Waals surface area contributed by atoms with Gasteiger partial charge in [0.05, 0.1) is 11.6 Å². The fourth-order valence-electron chi connectivity index (χ4n) is 5.56. The third kappa shape index (κ3) is 3.67. The summed E-state index contributed by atoms with van der Waals surface area (Å²) < 4.78 is 45.2. The smallest absolute Gasteiger partial charge is 0.369 e. The van der Waals surface area contributed by atoms with Crippen molar-refractivity contribution in [1.29, 1.82) is 0 Å². The standard InChI is InChI=1S/C25H25F3N6O/c1-33-20(9-13-30-33)21-17-6-2-3-7-18(17)23(32-31-21)34-14-10-16(11-15-34)24(25(26,27)28)12-5-4-8-19(24)22(29)35/h2-9,12-13,16,19H,10-11,14-15H2,1H3,(H2,29,35). The van der Waals surface area contributed by atoms with Gasteiger partial charge < -0.3 is 10.6 Å². The summed E-state index contributed by atoms with van der Waals surface area (Å²) in [5.74, 6) is -2.54. The number of hydrogen-bond acceptors (Lipinski definition) is 5. The summed E-state index contributed by atoms with van der Waals surface area (Å²) in [6.07, 6.45) is 2.78. The molecule has 2 aliphatic rings. The zero-order valence-corrected chi connectivity index (χ0v) is 19.1. The first kappa shape index (κ1) is 23.1. The van der Waals surface area contributed by atoms with Crippen LogP contribution in [0.3, 0.4) is 0 Å². The zero-order valence-electron chi connectivity index (χ0n) is 19.1. The van der Waals surface area contributed by atoms with E-state index < -0.39 is 29.3 Å². The van der Waals surface area contributed by atoms with Gasteiger partial charge in [-0.25, -0.2) is 0 Å². The number of carbonyl (C=O) groups excluding carboxylic acids is 1. The maximum atomic E-state index is 14.5. The largest absolute Gasteiger partial charge is 0.399 e. The van der Waals surface area contributed by atoms with Gasteiger partial charge in [0.25, 0.3) is 0 Å². The highest BCUT2D eigenvalue weighted by molar-refractivity contribution is 5.99. The van der Waals surface area contributed by atoms with Crippen molar-refractivity contribution in [3.05, 3.63) is 60.8 Å². The van der Waals surface area contributed by atoms with Crippen LogP contribution < -0.4 is 10.6 Å². The van der Waals surface area contributed by atoms with Gasteiger partial charge in [0, 0.05) is 37.1 Å². The Balaban J connectivity index is 1.47. The second kappa shape index (κ2) is 8.51. The molecule has 35 heavy (non-hydrogen) atoms. The van der Waals surface area contributed by atoms with E-state index in [1.165, 1.54) is 18.2 Å². The van der Waals surface area contributed by atoms with E-state index >= 15 is 0 Å². The molecule has 182 valence electrons. The van der Waals surface area contributed by atoms with E-state index in [1.807, 2.05) is 42.3 Å². The average Bonchev–Trinajstić information content (AvgIpc) is 3.28. The third-order valence-electron chi connectivity index (χ3n) is 7.30. The molecule has 2 unspecified atom stereocenters. The number of piperidine rings is 1. The van der Waals surface area contributed by atoms with E-state index in [4.69, 9.17) is 5.73 Å². The summed E-state index contributed by atoms with van der Waals surface area (Å²) in [5, 5.41) is 14.9. The van der Waals surface area contributed by atoms with E-state index in [-0.39, 0.29) is 12.8 Å². The monoisotopic (exact) mass is 482 g/mol. The van der Waals surface area contributed by atoms with Crippen molar-refractivity contribution in [2.75, 3.05) is 18.0 Å². The molecule has 0 saturated carbocycles. The van der Waals surface area contributed by atoms with Crippen molar-refractivity contribution < 1.29 is 18.0 Å². The van der Waals surface area contributed by atoms with Gasteiger partial charge >= 0.3 is 6.18 Å². The van der Waals surface area contributed by atoms with Gasteiger partial charge in [-0.05, 0) is 24.8 Å². The van der Waals surface area contributed by atoms with Crippen LogP contribution >= 0.6 is 0 Å². The molecule has 2 N–H and O–H groups in total. The number of benzene rings is 1. The number of nitrogens with zero attached hydrogens (tertiary/aromatic N) is 5. The number of hydrogen-bond donors (Lipinski definition) is 1. The number of allylic oxidation sites excluding steroid dienone is 3. The van der Waals surface area contributed by atoms with Crippen LogP contribution in [-0.2, 0) is 11.8 Å². The number of halogens is 3. The van der Waals surface area contributed by atoms with Crippen LogP contribution in [-0.4, -0.2) is 45.2 Å². The molecular weight excluding hydrogens is 457 g/mol. The lowest BCUT2D eigenvalue weighted by molar-refractivity contribution is -0.238. The quantitative estimate of drug-likeness (QED) is 0.607. The van der Waals surface area contributed by atoms with Crippen molar-refractivity contribution in [3.8, 4) is 11.4 Å². The van der Waals surface area contributed by atoms with Gasteiger partial charge in [-0.1, -0.05) is 48.6 Å². The van der Waals surface area contributed by atoms with Crippen molar-refractivity contribution in [2.24, 2.45) is 30.0 Å². The molecule has 0 bridgehead atoms. The molecular formula is C25H25F3N6O. The molecule has 2 atom stereocenters. The number of rotatable bonds is 4. The minimum absolute atomic E-state index is 0.237. The fourth-order valence-corrected chi connectivity index (χ4v) is 5.56. The molecule has 1 saturated heterocycles. The van der Waals surface area contributed by atoms with Crippen LogP contribution in [0.1, 0.15) is 12.8 Å². The summed E-state index contributed by atoms with van der Waals surface area (Å²) in [7, 11) is 1.83. The number of fused-ring (bicyclic) bond motifs is 1. The Bertz CT molecular complexity index is 1320. The Morgan fingerprint density at radius 3 is 2.43 bits per heavy atom. The Morgan fingerprint density at radius 1 is 1.09 bits per heavy atom. The lowest BCUT2D eigenvalue weighted by Crippen LogP contribution is -2.55. The Labute approximate surface area is 200 Å². The molecule has 2 aromatic heterocycles. The highest BCUT2D eigenvalue weighted by Crippen LogP contribution is 2.55. The number of nitrogens with two attached hydrogens (primary N) is 1. The molecule has 1 fully saturated rings. The number of aromatic nitrogens is 4. The molecule has 0 radical (unpaired) electrons. The van der Waals surface area contributed by atoms with Gasteiger partial charge in [0.2, 0.25) is 5.91 Å². The fraction of sp³-hybridized carbons (Fsp3) is 0.360. The maximum Gasteiger partial charge on any atom is 0.399 e. The Hall–Kier alpha value is -3.69. The van der Waals surface area contributed by atoms with Crippen molar-refractivity contribution in [3.63, 3.8) is 0 Å². The first-order valence-electron chi connectivity index (χ1n) is 11.4. The Kier molecular flexibility index (Phi) is 5.61. The molecule has 10 heteroatoms. The van der Waals surface area contributed by atoms with E-state index in [1.54, 1.807) is 10.9 Å². The third-order valence-corrected chi connectivity index (χ3v) is 7.30. The summed E-state index contributed by atoms with van der Waals surface area (Å²) in [6.45, 7) is 0.713. The van der Waals surface area contributed by atoms with E-state index in [0.29, 0.717) is 24.6 Å². The number of amides is 1. The molecule has 1 aromatic carbocycles. The predicted molar refractivity (Wildman–Crippen MR) is 126 cm³/mol. The highest BCUT2D eigenvalue weighted by atomic mass is 19.4. The highest BCUT2D eigenvalue weighted by Gasteiger charge is 2.63. The first-order chi connectivity index (χ1) is 16.7. The number of aryl methyl sites for hydroxylation is 1. The molecule has 3 aromatic rings. The molecule has 5 rings (SSSR count). The van der Waals surface area contributed by atoms with Crippen molar-refractivity contribution in [1.82, 2.24) is 20.0 Å². The summed E-state index contributed by atoms with van der Waals surface area (Å²) in [5.41, 5.74) is 4.64. The van der Waals surface area contributed by atoms with Gasteiger partial charge in [0.1, 0.15) is 11.1 Å². The van der Waals surface area contributed by atoms with E-state index in [9.17, 15) is 18.0 Å². The summed E-state index contributed by atoms with van der Waals surface area (Å²) in [6, 6.07) is 9.58. The summed E-state index contributed by atoms with van der Waals surface area (Å²) in [4.78, 5) is 14.0. The van der Waals surface area contributed by atoms with Crippen LogP contribution in [0.15, 0.2) is 60.8 Å². The van der Waals surface area contributed by atoms with Crippen molar-refractivity contribution in [2.45, 2.75) is 19.0 Å². The lowest BCUT2D eigenvalue weighted by atomic mass is 9.61. The molecule has 7 nitrogen and oxygen atoms in total. The van der Waals surface area contributed by atoms with Gasteiger partial charge in [0.15, 0.2) is 5.82 Å². The van der Waals surface area contributed by atoms with Crippen LogP contribution in [0.25, 0.3) is 22.2 Å². The second-order valence-corrected chi connectivity index (χ2v) is 9.07. The van der Waals surface area contributed by atoms with Crippen LogP contribution in [0.2, 0.25) is 0 Å².